The Morgan fingerprint density at radius 3 is 2.55 bits per heavy atom. The highest BCUT2D eigenvalue weighted by Gasteiger charge is 1.99. The summed E-state index contributed by atoms with van der Waals surface area (Å²) in [6.07, 6.45) is 4.70. The lowest BCUT2D eigenvalue weighted by atomic mass is 10.4. The second kappa shape index (κ2) is 7.54. The topological polar surface area (TPSA) is 29.5 Å². The van der Waals surface area contributed by atoms with Gasteiger partial charge in [-0.05, 0) is 12.8 Å². The predicted molar refractivity (Wildman–Crippen MR) is 43.6 cm³/mol. The van der Waals surface area contributed by atoms with E-state index in [4.69, 9.17) is 4.84 Å². The molecule has 0 saturated heterocycles. The Morgan fingerprint density at radius 2 is 2.09 bits per heavy atom. The van der Waals surface area contributed by atoms with E-state index >= 15 is 0 Å². The summed E-state index contributed by atoms with van der Waals surface area (Å²) < 4.78 is 0. The molecular weight excluding hydrogens is 142 g/mol. The van der Waals surface area contributed by atoms with Gasteiger partial charge in [0, 0.05) is 6.54 Å². The van der Waals surface area contributed by atoms with Crippen molar-refractivity contribution in [3.8, 4) is 0 Å². The van der Waals surface area contributed by atoms with E-state index in [0.29, 0.717) is 13.2 Å². The lowest BCUT2D eigenvalue weighted by Crippen LogP contribution is -2.23. The summed E-state index contributed by atoms with van der Waals surface area (Å²) in [5, 5.41) is 1.23. The number of unbranched alkanes of at least 4 members (excludes halogenated alkanes) is 1. The summed E-state index contributed by atoms with van der Waals surface area (Å²) in [5.74, 6) is 0. The second-order valence-electron chi connectivity index (χ2n) is 2.38. The first-order valence-electron chi connectivity index (χ1n) is 4.13. The molecule has 65 valence electrons. The third-order valence-corrected chi connectivity index (χ3v) is 1.27. The number of hydroxylamine groups is 2. The Hall–Kier alpha value is -0.570. The van der Waals surface area contributed by atoms with Crippen LogP contribution in [-0.2, 0) is 9.63 Å². The average molecular weight is 158 g/mol. The van der Waals surface area contributed by atoms with E-state index in [1.807, 2.05) is 6.92 Å². The number of nitrogens with zero attached hydrogens (tertiary/aromatic N) is 1. The van der Waals surface area contributed by atoms with Crippen LogP contribution in [0.5, 0.6) is 0 Å². The Balaban J connectivity index is 3.28. The zero-order valence-electron chi connectivity index (χ0n) is 7.30. The summed E-state index contributed by atoms with van der Waals surface area (Å²) >= 11 is 0. The molecule has 0 aliphatic heterocycles. The van der Waals surface area contributed by atoms with Gasteiger partial charge < -0.3 is 0 Å². The maximum absolute atomic E-state index is 10.2. The van der Waals surface area contributed by atoms with Crippen LogP contribution in [0.25, 0.3) is 0 Å². The standard InChI is InChI=1S/C8H16NO2/c1-3-5-7-11-9(8-10)6-4-2/h3-7H2,1-2H3. The van der Waals surface area contributed by atoms with E-state index in [1.54, 1.807) is 6.41 Å². The second-order valence-corrected chi connectivity index (χ2v) is 2.38. The zero-order chi connectivity index (χ0) is 8.53. The average Bonchev–Trinajstić information content (AvgIpc) is 2.03. The third-order valence-electron chi connectivity index (χ3n) is 1.27. The zero-order valence-corrected chi connectivity index (χ0v) is 7.30. The monoisotopic (exact) mass is 158 g/mol. The summed E-state index contributed by atoms with van der Waals surface area (Å²) in [6.45, 7) is 5.32. The molecule has 11 heavy (non-hydrogen) atoms. The Morgan fingerprint density at radius 1 is 1.36 bits per heavy atom. The smallest absolute Gasteiger partial charge is 0.271 e. The van der Waals surface area contributed by atoms with Crippen LogP contribution in [-0.4, -0.2) is 24.6 Å². The molecule has 1 amide bonds. The van der Waals surface area contributed by atoms with Crippen LogP contribution < -0.4 is 0 Å². The van der Waals surface area contributed by atoms with E-state index < -0.39 is 0 Å². The highest BCUT2D eigenvalue weighted by Crippen LogP contribution is 1.92. The van der Waals surface area contributed by atoms with Crippen molar-refractivity contribution in [2.45, 2.75) is 33.1 Å². The highest BCUT2D eigenvalue weighted by molar-refractivity contribution is 5.45. The minimum absolute atomic E-state index is 0.617. The van der Waals surface area contributed by atoms with E-state index in [1.165, 1.54) is 5.06 Å². The number of rotatable bonds is 7. The van der Waals surface area contributed by atoms with Gasteiger partial charge in [0.05, 0.1) is 6.61 Å². The van der Waals surface area contributed by atoms with Gasteiger partial charge in [-0.15, -0.1) is 0 Å². The van der Waals surface area contributed by atoms with E-state index in [0.717, 1.165) is 19.3 Å². The molecule has 0 aliphatic rings. The van der Waals surface area contributed by atoms with Crippen molar-refractivity contribution in [1.29, 1.82) is 0 Å². The molecule has 0 aromatic rings. The molecule has 0 bridgehead atoms. The molecule has 0 fully saturated rings. The minimum atomic E-state index is 0.617. The van der Waals surface area contributed by atoms with Crippen LogP contribution in [0.15, 0.2) is 0 Å². The van der Waals surface area contributed by atoms with Gasteiger partial charge in [-0.3, -0.25) is 9.63 Å². The van der Waals surface area contributed by atoms with Crippen molar-refractivity contribution in [3.63, 3.8) is 0 Å². The number of hydrogen-bond acceptors (Lipinski definition) is 2. The van der Waals surface area contributed by atoms with E-state index in [-0.39, 0.29) is 0 Å². The molecule has 0 spiro atoms. The fourth-order valence-corrected chi connectivity index (χ4v) is 0.659. The minimum Gasteiger partial charge on any atom is -0.271 e. The van der Waals surface area contributed by atoms with Crippen LogP contribution in [0.2, 0.25) is 0 Å². The first-order chi connectivity index (χ1) is 5.35. The van der Waals surface area contributed by atoms with Gasteiger partial charge in [0.15, 0.2) is 0 Å². The van der Waals surface area contributed by atoms with Crippen LogP contribution in [0, 0.1) is 0 Å². The quantitative estimate of drug-likeness (QED) is 0.319. The Kier molecular flexibility index (Phi) is 7.15. The first-order valence-corrected chi connectivity index (χ1v) is 4.13. The van der Waals surface area contributed by atoms with Crippen LogP contribution in [0.1, 0.15) is 33.1 Å². The van der Waals surface area contributed by atoms with Gasteiger partial charge in [0.1, 0.15) is 0 Å². The van der Waals surface area contributed by atoms with Gasteiger partial charge in [0.2, 0.25) is 0 Å². The van der Waals surface area contributed by atoms with Gasteiger partial charge in [0.25, 0.3) is 0 Å². The number of carbonyl (C=O) groups excluding carboxylic acids is 1. The molecule has 0 saturated carbocycles. The van der Waals surface area contributed by atoms with Crippen molar-refractivity contribution in [3.05, 3.63) is 0 Å². The van der Waals surface area contributed by atoms with Crippen molar-refractivity contribution in [2.75, 3.05) is 13.2 Å². The first kappa shape index (κ1) is 10.4. The van der Waals surface area contributed by atoms with Crippen molar-refractivity contribution >= 4 is 6.41 Å². The predicted octanol–water partition coefficient (Wildman–Crippen LogP) is 1.50. The Bertz CT molecular complexity index is 96.1. The van der Waals surface area contributed by atoms with Crippen LogP contribution in [0.4, 0.5) is 0 Å². The van der Waals surface area contributed by atoms with Gasteiger partial charge in [-0.1, -0.05) is 20.3 Å². The molecule has 0 heterocycles. The van der Waals surface area contributed by atoms with Crippen LogP contribution in [0.3, 0.4) is 0 Å². The third kappa shape index (κ3) is 5.85. The van der Waals surface area contributed by atoms with E-state index in [9.17, 15) is 4.79 Å². The SMILES string of the molecule is CCCCON([C]=O)CCC. The molecule has 3 heteroatoms. The molecule has 1 radical (unpaired) electrons. The molecule has 0 N–H and O–H groups in total. The number of hydrogen-bond donors (Lipinski definition) is 0. The molecule has 0 aliphatic carbocycles. The van der Waals surface area contributed by atoms with Crippen molar-refractivity contribution in [1.82, 2.24) is 5.06 Å². The lowest BCUT2D eigenvalue weighted by Gasteiger charge is -2.13. The van der Waals surface area contributed by atoms with Crippen LogP contribution >= 0.6 is 0 Å². The molecule has 0 aromatic heterocycles. The molecule has 0 rings (SSSR count). The fourth-order valence-electron chi connectivity index (χ4n) is 0.659. The summed E-state index contributed by atoms with van der Waals surface area (Å²) in [5.41, 5.74) is 0. The largest absolute Gasteiger partial charge is 0.337 e. The molecule has 3 nitrogen and oxygen atoms in total. The lowest BCUT2D eigenvalue weighted by molar-refractivity contribution is -0.101. The number of amides is 1. The molecular formula is C8H16NO2. The van der Waals surface area contributed by atoms with Crippen molar-refractivity contribution < 1.29 is 9.63 Å². The van der Waals surface area contributed by atoms with Gasteiger partial charge >= 0.3 is 6.41 Å². The summed E-state index contributed by atoms with van der Waals surface area (Å²) in [4.78, 5) is 15.2. The summed E-state index contributed by atoms with van der Waals surface area (Å²) in [6, 6.07) is 0. The molecule has 0 aromatic carbocycles. The molecule has 0 atom stereocenters. The fraction of sp³-hybridized carbons (Fsp3) is 0.875. The highest BCUT2D eigenvalue weighted by atomic mass is 16.7. The molecule has 0 unspecified atom stereocenters. The van der Waals surface area contributed by atoms with Crippen molar-refractivity contribution in [2.24, 2.45) is 0 Å². The maximum atomic E-state index is 10.2. The normalized spacial score (nSPS) is 9.64. The Labute approximate surface area is 68.3 Å². The van der Waals surface area contributed by atoms with Gasteiger partial charge in [-0.25, -0.2) is 5.06 Å². The maximum Gasteiger partial charge on any atom is 0.337 e. The van der Waals surface area contributed by atoms with E-state index in [2.05, 4.69) is 6.92 Å². The summed E-state index contributed by atoms with van der Waals surface area (Å²) in [7, 11) is 0. The van der Waals surface area contributed by atoms with Gasteiger partial charge in [-0.2, -0.15) is 0 Å².